The van der Waals surface area contributed by atoms with Gasteiger partial charge in [0, 0.05) is 30.5 Å². The lowest BCUT2D eigenvalue weighted by Crippen LogP contribution is -2.48. The maximum atomic E-state index is 12.9. The van der Waals surface area contributed by atoms with Gasteiger partial charge in [0.25, 0.3) is 0 Å². The Morgan fingerprint density at radius 3 is 2.35 bits per heavy atom. The summed E-state index contributed by atoms with van der Waals surface area (Å²) in [4.78, 5) is 14.7. The van der Waals surface area contributed by atoms with Crippen LogP contribution in [0, 0.1) is 0 Å². The van der Waals surface area contributed by atoms with E-state index >= 15 is 0 Å². The lowest BCUT2D eigenvalue weighted by molar-refractivity contribution is -0.137. The Labute approximate surface area is 159 Å². The summed E-state index contributed by atoms with van der Waals surface area (Å²) in [7, 11) is 0. The van der Waals surface area contributed by atoms with Crippen molar-refractivity contribution in [1.29, 1.82) is 0 Å². The molecule has 1 atom stereocenters. The van der Waals surface area contributed by atoms with Crippen LogP contribution in [0.2, 0.25) is 5.02 Å². The van der Waals surface area contributed by atoms with Crippen molar-refractivity contribution in [3.05, 3.63) is 70.7 Å². The van der Waals surface area contributed by atoms with E-state index in [9.17, 15) is 15.0 Å². The van der Waals surface area contributed by atoms with Crippen molar-refractivity contribution in [2.24, 2.45) is 0 Å². The number of benzene rings is 2. The molecule has 0 aliphatic carbocycles. The van der Waals surface area contributed by atoms with Crippen LogP contribution in [0.4, 0.5) is 0 Å². The Morgan fingerprint density at radius 2 is 1.73 bits per heavy atom. The molecule has 1 heterocycles. The molecule has 4 nitrogen and oxygen atoms in total. The highest BCUT2D eigenvalue weighted by atomic mass is 35.5. The van der Waals surface area contributed by atoms with E-state index in [1.54, 1.807) is 4.90 Å². The summed E-state index contributed by atoms with van der Waals surface area (Å²) in [5.74, 6) is -0.0140. The van der Waals surface area contributed by atoms with E-state index in [1.807, 2.05) is 54.6 Å². The maximum absolute atomic E-state index is 12.9. The number of carbonyl (C=O) groups is 1. The van der Waals surface area contributed by atoms with Crippen LogP contribution in [0.25, 0.3) is 0 Å². The van der Waals surface area contributed by atoms with Gasteiger partial charge in [0.1, 0.15) is 0 Å². The molecule has 1 aliphatic heterocycles. The highest BCUT2D eigenvalue weighted by molar-refractivity contribution is 6.30. The molecule has 0 aromatic heterocycles. The number of halogens is 1. The number of hydrogen-bond donors (Lipinski definition) is 2. The van der Waals surface area contributed by atoms with Gasteiger partial charge in [0.15, 0.2) is 0 Å². The summed E-state index contributed by atoms with van der Waals surface area (Å²) in [6.45, 7) is 0.671. The molecule has 138 valence electrons. The Bertz CT molecular complexity index is 742. The summed E-state index contributed by atoms with van der Waals surface area (Å²) < 4.78 is 0. The van der Waals surface area contributed by atoms with Crippen molar-refractivity contribution in [2.75, 3.05) is 19.7 Å². The standard InChI is InChI=1S/C21H24ClNO3/c22-18-8-4-7-17(13-18)19(16-5-2-1-3-6-16)14-20(25)23-11-9-21(26,15-24)10-12-23/h1-8,13,19,24,26H,9-12,14-15H2/t19-/m1/s1. The minimum Gasteiger partial charge on any atom is -0.393 e. The van der Waals surface area contributed by atoms with Crippen LogP contribution in [-0.2, 0) is 4.79 Å². The average molecular weight is 374 g/mol. The first-order valence-corrected chi connectivity index (χ1v) is 9.30. The zero-order valence-corrected chi connectivity index (χ0v) is 15.4. The number of aliphatic hydroxyl groups excluding tert-OH is 1. The number of piperidine rings is 1. The fraction of sp³-hybridized carbons (Fsp3) is 0.381. The molecule has 2 aromatic rings. The lowest BCUT2D eigenvalue weighted by Gasteiger charge is -2.37. The van der Waals surface area contributed by atoms with E-state index in [2.05, 4.69) is 0 Å². The number of nitrogens with zero attached hydrogens (tertiary/aromatic N) is 1. The number of likely N-dealkylation sites (tertiary alicyclic amines) is 1. The van der Waals surface area contributed by atoms with E-state index in [0.717, 1.165) is 11.1 Å². The van der Waals surface area contributed by atoms with Crippen LogP contribution in [0.15, 0.2) is 54.6 Å². The van der Waals surface area contributed by atoms with Crippen molar-refractivity contribution in [2.45, 2.75) is 30.8 Å². The molecule has 3 rings (SSSR count). The molecule has 0 bridgehead atoms. The van der Waals surface area contributed by atoms with Crippen molar-refractivity contribution in [3.8, 4) is 0 Å². The van der Waals surface area contributed by atoms with Crippen LogP contribution < -0.4 is 0 Å². The quantitative estimate of drug-likeness (QED) is 0.846. The van der Waals surface area contributed by atoms with Gasteiger partial charge in [-0.15, -0.1) is 0 Å². The second kappa shape index (κ2) is 8.21. The lowest BCUT2D eigenvalue weighted by atomic mass is 9.87. The zero-order chi connectivity index (χ0) is 18.6. The highest BCUT2D eigenvalue weighted by Crippen LogP contribution is 2.31. The monoisotopic (exact) mass is 373 g/mol. The highest BCUT2D eigenvalue weighted by Gasteiger charge is 2.34. The minimum absolute atomic E-state index is 0.0545. The molecule has 0 spiro atoms. The average Bonchev–Trinajstić information content (AvgIpc) is 2.67. The molecule has 0 unspecified atom stereocenters. The van der Waals surface area contributed by atoms with E-state index in [0.29, 0.717) is 37.4 Å². The van der Waals surface area contributed by atoms with E-state index in [1.165, 1.54) is 0 Å². The van der Waals surface area contributed by atoms with Gasteiger partial charge < -0.3 is 15.1 Å². The third-order valence-electron chi connectivity index (χ3n) is 5.17. The summed E-state index contributed by atoms with van der Waals surface area (Å²) in [6.07, 6.45) is 1.16. The predicted molar refractivity (Wildman–Crippen MR) is 102 cm³/mol. The van der Waals surface area contributed by atoms with Gasteiger partial charge in [-0.2, -0.15) is 0 Å². The molecular formula is C21H24ClNO3. The summed E-state index contributed by atoms with van der Waals surface area (Å²) >= 11 is 6.16. The molecule has 26 heavy (non-hydrogen) atoms. The first kappa shape index (κ1) is 18.9. The fourth-order valence-corrected chi connectivity index (χ4v) is 3.67. The van der Waals surface area contributed by atoms with Crippen LogP contribution >= 0.6 is 11.6 Å². The van der Waals surface area contributed by atoms with Gasteiger partial charge >= 0.3 is 0 Å². The largest absolute Gasteiger partial charge is 0.393 e. The molecule has 0 radical (unpaired) electrons. The summed E-state index contributed by atoms with van der Waals surface area (Å²) in [5.41, 5.74) is 1.04. The van der Waals surface area contributed by atoms with Gasteiger partial charge in [0.2, 0.25) is 5.91 Å². The van der Waals surface area contributed by atoms with Gasteiger partial charge in [-0.1, -0.05) is 54.1 Å². The summed E-state index contributed by atoms with van der Waals surface area (Å²) in [6, 6.07) is 17.6. The summed E-state index contributed by atoms with van der Waals surface area (Å²) in [5, 5.41) is 20.1. The molecule has 1 amide bonds. The van der Waals surface area contributed by atoms with E-state index in [4.69, 9.17) is 11.6 Å². The first-order valence-electron chi connectivity index (χ1n) is 8.92. The molecule has 2 aromatic carbocycles. The topological polar surface area (TPSA) is 60.8 Å². The molecular weight excluding hydrogens is 350 g/mol. The Kier molecular flexibility index (Phi) is 5.97. The molecule has 0 saturated carbocycles. The number of aliphatic hydroxyl groups is 2. The maximum Gasteiger partial charge on any atom is 0.223 e. The molecule has 5 heteroatoms. The van der Waals surface area contributed by atoms with Gasteiger partial charge in [0.05, 0.1) is 12.2 Å². The Morgan fingerprint density at radius 1 is 1.08 bits per heavy atom. The first-order chi connectivity index (χ1) is 12.5. The van der Waals surface area contributed by atoms with Gasteiger partial charge in [-0.25, -0.2) is 0 Å². The molecule has 1 fully saturated rings. The minimum atomic E-state index is -1.05. The van der Waals surface area contributed by atoms with Gasteiger partial charge in [-0.05, 0) is 36.1 Å². The number of rotatable bonds is 5. The van der Waals surface area contributed by atoms with Crippen molar-refractivity contribution in [3.63, 3.8) is 0 Å². The predicted octanol–water partition coefficient (Wildman–Crippen LogP) is 3.21. The third kappa shape index (κ3) is 4.44. The Hall–Kier alpha value is -1.88. The van der Waals surface area contributed by atoms with Crippen LogP contribution in [0.1, 0.15) is 36.3 Å². The van der Waals surface area contributed by atoms with Crippen molar-refractivity contribution < 1.29 is 15.0 Å². The number of carbonyl (C=O) groups excluding carboxylic acids is 1. The SMILES string of the molecule is O=C(C[C@H](c1ccccc1)c1cccc(Cl)c1)N1CCC(O)(CO)CC1. The zero-order valence-electron chi connectivity index (χ0n) is 14.6. The molecule has 2 N–H and O–H groups in total. The molecule has 1 aliphatic rings. The van der Waals surface area contributed by atoms with Crippen molar-refractivity contribution >= 4 is 17.5 Å². The fourth-order valence-electron chi connectivity index (χ4n) is 3.47. The Balaban J connectivity index is 1.77. The van der Waals surface area contributed by atoms with Crippen LogP contribution in [0.3, 0.4) is 0 Å². The van der Waals surface area contributed by atoms with Crippen LogP contribution in [0.5, 0.6) is 0 Å². The second-order valence-electron chi connectivity index (χ2n) is 6.99. The molecule has 1 saturated heterocycles. The van der Waals surface area contributed by atoms with Crippen molar-refractivity contribution in [1.82, 2.24) is 4.90 Å². The van der Waals surface area contributed by atoms with Crippen LogP contribution in [-0.4, -0.2) is 46.3 Å². The third-order valence-corrected chi connectivity index (χ3v) is 5.41. The van der Waals surface area contributed by atoms with E-state index in [-0.39, 0.29) is 18.4 Å². The second-order valence-corrected chi connectivity index (χ2v) is 7.42. The number of amides is 1. The number of hydrogen-bond acceptors (Lipinski definition) is 3. The van der Waals surface area contributed by atoms with Gasteiger partial charge in [-0.3, -0.25) is 4.79 Å². The normalized spacial score (nSPS) is 17.7. The smallest absolute Gasteiger partial charge is 0.223 e. The van der Waals surface area contributed by atoms with E-state index < -0.39 is 5.60 Å².